The quantitative estimate of drug-likeness (QED) is 0.267. The van der Waals surface area contributed by atoms with Gasteiger partial charge in [-0.15, -0.1) is 0 Å². The summed E-state index contributed by atoms with van der Waals surface area (Å²) in [5.41, 5.74) is 0. The summed E-state index contributed by atoms with van der Waals surface area (Å²) >= 11 is 0. The lowest BCUT2D eigenvalue weighted by Crippen LogP contribution is -2.09. The van der Waals surface area contributed by atoms with Crippen LogP contribution in [0.3, 0.4) is 0 Å². The third kappa shape index (κ3) is 5.26. The molecule has 12 heavy (non-hydrogen) atoms. The van der Waals surface area contributed by atoms with Crippen molar-refractivity contribution in [2.45, 2.75) is 0 Å². The molecule has 0 radical (unpaired) electrons. The van der Waals surface area contributed by atoms with Gasteiger partial charge in [0.2, 0.25) is 0 Å². The normalized spacial score (nSPS) is 8.50. The highest BCUT2D eigenvalue weighted by Gasteiger charge is 2.05. The van der Waals surface area contributed by atoms with Crippen molar-refractivity contribution in [1.29, 1.82) is 0 Å². The van der Waals surface area contributed by atoms with Gasteiger partial charge in [-0.3, -0.25) is 0 Å². The third-order valence-electron chi connectivity index (χ3n) is 0.565. The minimum atomic E-state index is -1.16. The number of ether oxygens (including phenoxy) is 2. The first kappa shape index (κ1) is 10.5. The van der Waals surface area contributed by atoms with Gasteiger partial charge in [0.25, 0.3) is 0 Å². The summed E-state index contributed by atoms with van der Waals surface area (Å²) < 4.78 is 7.89. The summed E-state index contributed by atoms with van der Waals surface area (Å²) in [4.78, 5) is 27.5. The van der Waals surface area contributed by atoms with Gasteiger partial charge in [0.1, 0.15) is 0 Å². The topological polar surface area (TPSA) is 89.5 Å². The van der Waals surface area contributed by atoms with Crippen LogP contribution >= 0.6 is 0 Å². The number of hydrogen-bond donors (Lipinski definition) is 0. The van der Waals surface area contributed by atoms with Crippen molar-refractivity contribution in [3.05, 3.63) is 0 Å². The van der Waals surface area contributed by atoms with Crippen LogP contribution in [0.15, 0.2) is 0 Å². The predicted molar refractivity (Wildman–Crippen MR) is 29.1 cm³/mol. The van der Waals surface area contributed by atoms with Gasteiger partial charge in [0, 0.05) is 10.1 Å². The number of methoxy groups -OCH3 is 2. The molecule has 8 heteroatoms. The van der Waals surface area contributed by atoms with Crippen LogP contribution in [0.2, 0.25) is 0 Å². The van der Waals surface area contributed by atoms with E-state index in [0.717, 1.165) is 14.2 Å². The molecule has 0 N–H and O–H groups in total. The number of rotatable bonds is 3. The molecule has 0 fully saturated rings. The van der Waals surface area contributed by atoms with E-state index >= 15 is 0 Å². The molecule has 70 valence electrons. The molecule has 0 bridgehead atoms. The summed E-state index contributed by atoms with van der Waals surface area (Å²) in [6.07, 6.45) is -2.33. The van der Waals surface area contributed by atoms with E-state index in [9.17, 15) is 9.59 Å². The second-order valence-corrected chi connectivity index (χ2v) is 1.21. The Morgan fingerprint density at radius 3 is 1.42 bits per heavy atom. The molecule has 0 aromatic rings. The first-order chi connectivity index (χ1) is 5.70. The van der Waals surface area contributed by atoms with E-state index in [4.69, 9.17) is 0 Å². The molecule has 0 aromatic heterocycles. The molecule has 0 aromatic carbocycles. The first-order valence-corrected chi connectivity index (χ1v) is 2.54. The fourth-order valence-electron chi connectivity index (χ4n) is 0.151. The number of hydrogen-bond acceptors (Lipinski definition) is 8. The Morgan fingerprint density at radius 1 is 0.833 bits per heavy atom. The van der Waals surface area contributed by atoms with Crippen molar-refractivity contribution in [3.8, 4) is 0 Å². The fourth-order valence-corrected chi connectivity index (χ4v) is 0.151. The van der Waals surface area contributed by atoms with Crippen LogP contribution in [0.1, 0.15) is 0 Å². The van der Waals surface area contributed by atoms with E-state index in [1.54, 1.807) is 0 Å². The van der Waals surface area contributed by atoms with Crippen molar-refractivity contribution in [2.24, 2.45) is 0 Å². The summed E-state index contributed by atoms with van der Waals surface area (Å²) in [6.45, 7) is 0. The Morgan fingerprint density at radius 2 is 1.17 bits per heavy atom. The highest BCUT2D eigenvalue weighted by atomic mass is 17.7. The molecule has 0 aliphatic carbocycles. The summed E-state index contributed by atoms with van der Waals surface area (Å²) in [7, 11) is 2.10. The summed E-state index contributed by atoms with van der Waals surface area (Å²) in [5, 5.41) is 7.12. The van der Waals surface area contributed by atoms with Crippen LogP contribution in [-0.4, -0.2) is 26.5 Å². The van der Waals surface area contributed by atoms with Gasteiger partial charge in [-0.2, -0.15) is 0 Å². The van der Waals surface area contributed by atoms with Crippen LogP contribution in [0.25, 0.3) is 0 Å². The largest absolute Gasteiger partial charge is 0.542 e. The van der Waals surface area contributed by atoms with E-state index in [1.165, 1.54) is 0 Å². The Labute approximate surface area is 66.6 Å². The smallest absolute Gasteiger partial charge is 0.436 e. The second kappa shape index (κ2) is 6.19. The Balaban J connectivity index is 3.21. The SMILES string of the molecule is COC(=O)OOOOC(=O)OC. The van der Waals surface area contributed by atoms with Gasteiger partial charge in [-0.1, -0.05) is 0 Å². The van der Waals surface area contributed by atoms with Crippen LogP contribution in [0.4, 0.5) is 9.59 Å². The van der Waals surface area contributed by atoms with Crippen LogP contribution < -0.4 is 0 Å². The van der Waals surface area contributed by atoms with Crippen molar-refractivity contribution in [2.75, 3.05) is 14.2 Å². The average molecular weight is 182 g/mol. The van der Waals surface area contributed by atoms with E-state index in [2.05, 4.69) is 29.3 Å². The molecular formula is C4H6O8. The lowest BCUT2D eigenvalue weighted by molar-refractivity contribution is -0.600. The number of carbonyl (C=O) groups excluding carboxylic acids is 2. The molecule has 0 saturated heterocycles. The fraction of sp³-hybridized carbons (Fsp3) is 0.500. The van der Waals surface area contributed by atoms with E-state index < -0.39 is 12.3 Å². The van der Waals surface area contributed by atoms with Crippen molar-refractivity contribution in [3.63, 3.8) is 0 Å². The summed E-state index contributed by atoms with van der Waals surface area (Å²) in [5.74, 6) is 0. The molecular weight excluding hydrogens is 176 g/mol. The zero-order chi connectivity index (χ0) is 9.40. The monoisotopic (exact) mass is 182 g/mol. The van der Waals surface area contributed by atoms with Gasteiger partial charge in [-0.25, -0.2) is 19.4 Å². The standard InChI is InChI=1S/C4H6O8/c1-7-3(5)9-11-12-10-4(6)8-2/h1-2H3. The van der Waals surface area contributed by atoms with Gasteiger partial charge in [0.05, 0.1) is 14.2 Å². The molecule has 8 nitrogen and oxygen atoms in total. The third-order valence-corrected chi connectivity index (χ3v) is 0.565. The molecule has 0 heterocycles. The lowest BCUT2D eigenvalue weighted by Gasteiger charge is -1.98. The maximum absolute atomic E-state index is 10.1. The molecule has 0 atom stereocenters. The van der Waals surface area contributed by atoms with Gasteiger partial charge in [0.15, 0.2) is 0 Å². The van der Waals surface area contributed by atoms with Crippen molar-refractivity contribution >= 4 is 12.3 Å². The number of carbonyl (C=O) groups is 2. The zero-order valence-corrected chi connectivity index (χ0v) is 6.27. The molecule has 0 unspecified atom stereocenters. The van der Waals surface area contributed by atoms with E-state index in [1.807, 2.05) is 0 Å². The van der Waals surface area contributed by atoms with Gasteiger partial charge < -0.3 is 9.47 Å². The Bertz CT molecular complexity index is 135. The van der Waals surface area contributed by atoms with E-state index in [-0.39, 0.29) is 0 Å². The zero-order valence-electron chi connectivity index (χ0n) is 6.27. The maximum Gasteiger partial charge on any atom is 0.542 e. The summed E-state index contributed by atoms with van der Waals surface area (Å²) in [6, 6.07) is 0. The molecule has 0 aliphatic rings. The lowest BCUT2D eigenvalue weighted by atomic mass is 11.4. The van der Waals surface area contributed by atoms with Crippen LogP contribution in [0.5, 0.6) is 0 Å². The Kier molecular flexibility index (Phi) is 5.39. The molecule has 0 rings (SSSR count). The molecule has 0 saturated carbocycles. The van der Waals surface area contributed by atoms with Crippen LogP contribution in [0, 0.1) is 0 Å². The van der Waals surface area contributed by atoms with Crippen molar-refractivity contribution in [1.82, 2.24) is 0 Å². The van der Waals surface area contributed by atoms with Crippen molar-refractivity contribution < 1.29 is 38.9 Å². The predicted octanol–water partition coefficient (Wildman–Crippen LogP) is 0.331. The molecule has 0 aliphatic heterocycles. The first-order valence-electron chi connectivity index (χ1n) is 2.54. The van der Waals surface area contributed by atoms with Gasteiger partial charge in [-0.05, 0) is 0 Å². The minimum absolute atomic E-state index is 1.05. The minimum Gasteiger partial charge on any atom is -0.436 e. The molecule has 0 spiro atoms. The average Bonchev–Trinajstić information content (AvgIpc) is 2.11. The van der Waals surface area contributed by atoms with Gasteiger partial charge >= 0.3 is 12.3 Å². The maximum atomic E-state index is 10.1. The van der Waals surface area contributed by atoms with Crippen LogP contribution in [-0.2, 0) is 29.3 Å². The Hall–Kier alpha value is -1.54. The molecule has 0 amide bonds. The van der Waals surface area contributed by atoms with E-state index in [0.29, 0.717) is 0 Å². The highest BCUT2D eigenvalue weighted by molar-refractivity contribution is 5.59. The highest BCUT2D eigenvalue weighted by Crippen LogP contribution is 1.89. The second-order valence-electron chi connectivity index (χ2n) is 1.21.